The van der Waals surface area contributed by atoms with Crippen LogP contribution in [-0.4, -0.2) is 6.54 Å². The lowest BCUT2D eigenvalue weighted by atomic mass is 9.97. The minimum atomic E-state index is -0.118. The Hall–Kier alpha value is -1.15. The van der Waals surface area contributed by atoms with Gasteiger partial charge in [0.25, 0.3) is 0 Å². The fraction of sp³-hybridized carbons (Fsp3) is 0.385. The molecule has 0 spiro atoms. The number of rotatable bonds is 3. The molecule has 0 saturated heterocycles. The predicted molar refractivity (Wildman–Crippen MR) is 63.3 cm³/mol. The van der Waals surface area contributed by atoms with Gasteiger partial charge in [0.2, 0.25) is 0 Å². The van der Waals surface area contributed by atoms with E-state index in [0.29, 0.717) is 6.54 Å². The molecule has 2 N–H and O–H groups in total. The van der Waals surface area contributed by atoms with Crippen LogP contribution < -0.4 is 5.73 Å². The average Bonchev–Trinajstić information content (AvgIpc) is 2.16. The number of halogens is 1. The van der Waals surface area contributed by atoms with Gasteiger partial charge in [-0.2, -0.15) is 0 Å². The van der Waals surface area contributed by atoms with Gasteiger partial charge in [-0.25, -0.2) is 4.39 Å². The molecule has 0 aliphatic rings. The molecule has 0 unspecified atom stereocenters. The van der Waals surface area contributed by atoms with Gasteiger partial charge in [0.1, 0.15) is 5.82 Å². The lowest BCUT2D eigenvalue weighted by Gasteiger charge is -2.10. The average molecular weight is 207 g/mol. The summed E-state index contributed by atoms with van der Waals surface area (Å²) in [6.07, 6.45) is 3.82. The summed E-state index contributed by atoms with van der Waals surface area (Å²) in [4.78, 5) is 0. The van der Waals surface area contributed by atoms with Crippen molar-refractivity contribution in [3.63, 3.8) is 0 Å². The molecule has 0 fully saturated rings. The molecule has 0 aromatic heterocycles. The molecule has 0 aliphatic heterocycles. The molecule has 2 heteroatoms. The van der Waals surface area contributed by atoms with Crippen LogP contribution in [0.15, 0.2) is 18.2 Å². The summed E-state index contributed by atoms with van der Waals surface area (Å²) in [5.41, 5.74) is 8.15. The maximum atomic E-state index is 13.6. The third kappa shape index (κ3) is 2.90. The van der Waals surface area contributed by atoms with Crippen LogP contribution in [0, 0.1) is 12.7 Å². The van der Waals surface area contributed by atoms with Gasteiger partial charge in [-0.3, -0.25) is 0 Å². The van der Waals surface area contributed by atoms with E-state index in [-0.39, 0.29) is 11.7 Å². The number of aryl methyl sites for hydroxylation is 1. The Balaban J connectivity index is 3.17. The highest BCUT2D eigenvalue weighted by atomic mass is 19.1. The highest BCUT2D eigenvalue weighted by molar-refractivity contribution is 5.55. The largest absolute Gasteiger partial charge is 0.327 e. The number of nitrogens with two attached hydrogens (primary N) is 1. The van der Waals surface area contributed by atoms with Crippen molar-refractivity contribution >= 4 is 6.08 Å². The summed E-state index contributed by atoms with van der Waals surface area (Å²) in [6, 6.07) is 3.49. The zero-order chi connectivity index (χ0) is 11.4. The lowest BCUT2D eigenvalue weighted by molar-refractivity contribution is 0.597. The van der Waals surface area contributed by atoms with Crippen LogP contribution in [0.25, 0.3) is 6.08 Å². The zero-order valence-electron chi connectivity index (χ0n) is 9.55. The Morgan fingerprint density at radius 3 is 2.60 bits per heavy atom. The molecule has 1 rings (SSSR count). The van der Waals surface area contributed by atoms with E-state index in [2.05, 4.69) is 0 Å². The van der Waals surface area contributed by atoms with Crippen LogP contribution in [0.5, 0.6) is 0 Å². The molecule has 15 heavy (non-hydrogen) atoms. The Morgan fingerprint density at radius 2 is 2.07 bits per heavy atom. The van der Waals surface area contributed by atoms with E-state index in [1.807, 2.05) is 39.0 Å². The minimum absolute atomic E-state index is 0.118. The molecule has 1 aromatic carbocycles. The second-order valence-corrected chi connectivity index (χ2v) is 4.02. The second kappa shape index (κ2) is 5.08. The topological polar surface area (TPSA) is 26.0 Å². The Bertz CT molecular complexity index is 367. The van der Waals surface area contributed by atoms with Crippen molar-refractivity contribution in [3.8, 4) is 0 Å². The highest BCUT2D eigenvalue weighted by Gasteiger charge is 2.08. The van der Waals surface area contributed by atoms with E-state index in [1.165, 1.54) is 0 Å². The van der Waals surface area contributed by atoms with Gasteiger partial charge < -0.3 is 5.73 Å². The SMILES string of the molecule is Cc1cc(F)c(C(C)C)cc1/C=C/CN. The molecular formula is C13H18FN. The molecule has 0 atom stereocenters. The Kier molecular flexibility index (Phi) is 4.04. The van der Waals surface area contributed by atoms with Gasteiger partial charge in [-0.1, -0.05) is 26.0 Å². The fourth-order valence-corrected chi connectivity index (χ4v) is 1.52. The monoisotopic (exact) mass is 207 g/mol. The van der Waals surface area contributed by atoms with E-state index >= 15 is 0 Å². The summed E-state index contributed by atoms with van der Waals surface area (Å²) in [5, 5.41) is 0. The van der Waals surface area contributed by atoms with E-state index in [1.54, 1.807) is 6.07 Å². The molecule has 1 nitrogen and oxygen atoms in total. The fourth-order valence-electron chi connectivity index (χ4n) is 1.52. The summed E-state index contributed by atoms with van der Waals surface area (Å²) >= 11 is 0. The predicted octanol–water partition coefficient (Wildman–Crippen LogP) is 3.23. The normalized spacial score (nSPS) is 11.6. The van der Waals surface area contributed by atoms with E-state index in [9.17, 15) is 4.39 Å². The first-order chi connectivity index (χ1) is 7.06. The highest BCUT2D eigenvalue weighted by Crippen LogP contribution is 2.23. The van der Waals surface area contributed by atoms with Crippen molar-refractivity contribution in [2.45, 2.75) is 26.7 Å². The lowest BCUT2D eigenvalue weighted by Crippen LogP contribution is -1.97. The van der Waals surface area contributed by atoms with Crippen molar-refractivity contribution in [3.05, 3.63) is 40.7 Å². The van der Waals surface area contributed by atoms with Crippen molar-refractivity contribution in [1.82, 2.24) is 0 Å². The van der Waals surface area contributed by atoms with E-state index in [0.717, 1.165) is 16.7 Å². The van der Waals surface area contributed by atoms with Gasteiger partial charge in [0.05, 0.1) is 0 Å². The Labute approximate surface area is 90.8 Å². The van der Waals surface area contributed by atoms with Crippen LogP contribution in [0.3, 0.4) is 0 Å². The Morgan fingerprint density at radius 1 is 1.40 bits per heavy atom. The molecule has 82 valence electrons. The van der Waals surface area contributed by atoms with Crippen LogP contribution in [0.1, 0.15) is 36.5 Å². The van der Waals surface area contributed by atoms with Crippen LogP contribution in [0.2, 0.25) is 0 Å². The van der Waals surface area contributed by atoms with Gasteiger partial charge >= 0.3 is 0 Å². The summed E-state index contributed by atoms with van der Waals surface area (Å²) in [6.45, 7) is 6.39. The maximum absolute atomic E-state index is 13.6. The number of hydrogen-bond acceptors (Lipinski definition) is 1. The van der Waals surface area contributed by atoms with Crippen LogP contribution in [0.4, 0.5) is 4.39 Å². The minimum Gasteiger partial charge on any atom is -0.327 e. The molecule has 0 aliphatic carbocycles. The van der Waals surface area contributed by atoms with Gasteiger partial charge in [0, 0.05) is 6.54 Å². The molecular weight excluding hydrogens is 189 g/mol. The van der Waals surface area contributed by atoms with Crippen molar-refractivity contribution < 1.29 is 4.39 Å². The van der Waals surface area contributed by atoms with Crippen molar-refractivity contribution in [1.29, 1.82) is 0 Å². The second-order valence-electron chi connectivity index (χ2n) is 4.02. The van der Waals surface area contributed by atoms with Crippen molar-refractivity contribution in [2.75, 3.05) is 6.54 Å². The molecule has 0 bridgehead atoms. The first kappa shape index (κ1) is 11.9. The smallest absolute Gasteiger partial charge is 0.126 e. The molecule has 0 amide bonds. The maximum Gasteiger partial charge on any atom is 0.126 e. The van der Waals surface area contributed by atoms with Crippen LogP contribution >= 0.6 is 0 Å². The van der Waals surface area contributed by atoms with Gasteiger partial charge in [0.15, 0.2) is 0 Å². The summed E-state index contributed by atoms with van der Waals surface area (Å²) in [7, 11) is 0. The van der Waals surface area contributed by atoms with Crippen molar-refractivity contribution in [2.24, 2.45) is 5.73 Å². The van der Waals surface area contributed by atoms with Crippen LogP contribution in [-0.2, 0) is 0 Å². The summed E-state index contributed by atoms with van der Waals surface area (Å²) < 4.78 is 13.6. The number of benzene rings is 1. The zero-order valence-corrected chi connectivity index (χ0v) is 9.55. The summed E-state index contributed by atoms with van der Waals surface area (Å²) in [5.74, 6) is 0.0861. The molecule has 0 saturated carbocycles. The first-order valence-electron chi connectivity index (χ1n) is 5.23. The van der Waals surface area contributed by atoms with E-state index in [4.69, 9.17) is 5.73 Å². The first-order valence-corrected chi connectivity index (χ1v) is 5.23. The molecule has 1 aromatic rings. The van der Waals surface area contributed by atoms with Gasteiger partial charge in [-0.05, 0) is 41.7 Å². The quantitative estimate of drug-likeness (QED) is 0.809. The number of hydrogen-bond donors (Lipinski definition) is 1. The van der Waals surface area contributed by atoms with E-state index < -0.39 is 0 Å². The molecule has 0 radical (unpaired) electrons. The third-order valence-electron chi connectivity index (χ3n) is 2.44. The molecule has 0 heterocycles. The third-order valence-corrected chi connectivity index (χ3v) is 2.44. The standard InChI is InChI=1S/C13H18FN/c1-9(2)12-8-11(5-4-6-15)10(3)7-13(12)14/h4-5,7-9H,6,15H2,1-3H3/b5-4+. The van der Waals surface area contributed by atoms with Gasteiger partial charge in [-0.15, -0.1) is 0 Å².